The Morgan fingerprint density at radius 3 is 2.90 bits per heavy atom. The number of fused-ring (bicyclic) bond motifs is 1. The van der Waals surface area contributed by atoms with Crippen molar-refractivity contribution in [1.82, 2.24) is 19.5 Å². The third-order valence-corrected chi connectivity index (χ3v) is 4.33. The lowest BCUT2D eigenvalue weighted by Crippen LogP contribution is -2.41. The van der Waals surface area contributed by atoms with Crippen molar-refractivity contribution in [3.05, 3.63) is 27.1 Å². The minimum absolute atomic E-state index is 0.0111. The molecule has 21 heavy (non-hydrogen) atoms. The maximum Gasteiger partial charge on any atom is 0.275 e. The number of aromatic nitrogens is 3. The van der Waals surface area contributed by atoms with Crippen molar-refractivity contribution < 1.29 is 9.53 Å². The summed E-state index contributed by atoms with van der Waals surface area (Å²) in [4.78, 5) is 30.5. The van der Waals surface area contributed by atoms with E-state index in [1.54, 1.807) is 4.90 Å². The molecule has 1 amide bonds. The maximum absolute atomic E-state index is 12.2. The van der Waals surface area contributed by atoms with E-state index >= 15 is 0 Å². The summed E-state index contributed by atoms with van der Waals surface area (Å²) in [5, 5.41) is 4.73. The highest BCUT2D eigenvalue weighted by Crippen LogP contribution is 2.14. The van der Waals surface area contributed by atoms with Gasteiger partial charge in [-0.25, -0.2) is 4.98 Å². The Bertz CT molecular complexity index is 723. The molecule has 0 unspecified atom stereocenters. The largest absolute Gasteiger partial charge is 0.378 e. The van der Waals surface area contributed by atoms with Crippen LogP contribution in [0.2, 0.25) is 0 Å². The van der Waals surface area contributed by atoms with Crippen LogP contribution in [0.15, 0.2) is 10.9 Å². The van der Waals surface area contributed by atoms with Crippen molar-refractivity contribution in [3.63, 3.8) is 0 Å². The summed E-state index contributed by atoms with van der Waals surface area (Å²) in [5.41, 5.74) is 0.230. The molecule has 1 aliphatic heterocycles. The molecule has 0 saturated carbocycles. The van der Waals surface area contributed by atoms with E-state index in [1.165, 1.54) is 21.9 Å². The van der Waals surface area contributed by atoms with E-state index in [9.17, 15) is 9.59 Å². The molecule has 3 heterocycles. The van der Waals surface area contributed by atoms with Crippen LogP contribution in [0.4, 0.5) is 0 Å². The van der Waals surface area contributed by atoms with Crippen molar-refractivity contribution in [1.29, 1.82) is 0 Å². The lowest BCUT2D eigenvalue weighted by atomic mass is 10.3. The number of carbonyl (C=O) groups excluding carboxylic acids is 1. The lowest BCUT2D eigenvalue weighted by molar-refractivity contribution is -0.134. The molecule has 0 aromatic carbocycles. The van der Waals surface area contributed by atoms with Crippen LogP contribution in [0.5, 0.6) is 0 Å². The maximum atomic E-state index is 12.2. The Kier molecular flexibility index (Phi) is 4.18. The number of alkyl halides is 1. The number of hydrogen-bond donors (Lipinski definition) is 0. The summed E-state index contributed by atoms with van der Waals surface area (Å²) in [7, 11) is 0. The molecule has 0 aliphatic carbocycles. The van der Waals surface area contributed by atoms with E-state index in [0.29, 0.717) is 42.0 Å². The van der Waals surface area contributed by atoms with Gasteiger partial charge < -0.3 is 9.64 Å². The Morgan fingerprint density at radius 1 is 1.43 bits per heavy atom. The van der Waals surface area contributed by atoms with Gasteiger partial charge in [-0.15, -0.1) is 11.6 Å². The summed E-state index contributed by atoms with van der Waals surface area (Å²) in [5.74, 6) is 0.161. The Hall–Kier alpha value is -1.51. The van der Waals surface area contributed by atoms with Gasteiger partial charge in [-0.1, -0.05) is 11.3 Å². The normalized spacial score (nSPS) is 15.6. The summed E-state index contributed by atoms with van der Waals surface area (Å²) in [6.45, 7) is 2.31. The first-order chi connectivity index (χ1) is 10.2. The first kappa shape index (κ1) is 14.4. The van der Waals surface area contributed by atoms with Crippen LogP contribution in [0.3, 0.4) is 0 Å². The number of morpholine rings is 1. The highest BCUT2D eigenvalue weighted by atomic mass is 35.5. The molecular formula is C12H13ClN4O3S. The minimum Gasteiger partial charge on any atom is -0.378 e. The topological polar surface area (TPSA) is 76.8 Å². The van der Waals surface area contributed by atoms with Crippen LogP contribution >= 0.6 is 22.9 Å². The van der Waals surface area contributed by atoms with E-state index < -0.39 is 0 Å². The van der Waals surface area contributed by atoms with Crippen LogP contribution in [0.1, 0.15) is 10.7 Å². The molecule has 0 atom stereocenters. The van der Waals surface area contributed by atoms with E-state index in [0.717, 1.165) is 0 Å². The predicted molar refractivity (Wildman–Crippen MR) is 77.8 cm³/mol. The first-order valence-electron chi connectivity index (χ1n) is 6.47. The van der Waals surface area contributed by atoms with Gasteiger partial charge in [0.25, 0.3) is 5.56 Å². The van der Waals surface area contributed by atoms with Gasteiger partial charge in [0.15, 0.2) is 0 Å². The van der Waals surface area contributed by atoms with Crippen molar-refractivity contribution in [2.45, 2.75) is 12.3 Å². The molecular weight excluding hydrogens is 316 g/mol. The number of rotatable bonds is 3. The van der Waals surface area contributed by atoms with Gasteiger partial charge in [0.1, 0.15) is 5.01 Å². The van der Waals surface area contributed by atoms with E-state index in [2.05, 4.69) is 10.1 Å². The van der Waals surface area contributed by atoms with Gasteiger partial charge >= 0.3 is 0 Å². The van der Waals surface area contributed by atoms with Gasteiger partial charge in [0.2, 0.25) is 10.9 Å². The molecule has 0 bridgehead atoms. The zero-order valence-electron chi connectivity index (χ0n) is 11.1. The van der Waals surface area contributed by atoms with Gasteiger partial charge in [-0.05, 0) is 0 Å². The summed E-state index contributed by atoms with van der Waals surface area (Å²) in [6.07, 6.45) is 0.170. The fraction of sp³-hybridized carbons (Fsp3) is 0.500. The van der Waals surface area contributed by atoms with Crippen LogP contribution < -0.4 is 5.56 Å². The van der Waals surface area contributed by atoms with Crippen LogP contribution in [0.25, 0.3) is 4.96 Å². The summed E-state index contributed by atoms with van der Waals surface area (Å²) < 4.78 is 6.43. The van der Waals surface area contributed by atoms with E-state index in [1.807, 2.05) is 0 Å². The van der Waals surface area contributed by atoms with Crippen molar-refractivity contribution >= 4 is 33.8 Å². The number of carbonyl (C=O) groups is 1. The third-order valence-electron chi connectivity index (χ3n) is 3.14. The molecule has 1 aliphatic rings. The lowest BCUT2D eigenvalue weighted by Gasteiger charge is -2.26. The highest BCUT2D eigenvalue weighted by Gasteiger charge is 2.19. The van der Waals surface area contributed by atoms with E-state index in [-0.39, 0.29) is 23.8 Å². The molecule has 2 aromatic rings. The number of nitrogens with zero attached hydrogens (tertiary/aromatic N) is 4. The molecule has 9 heteroatoms. The fourth-order valence-electron chi connectivity index (χ4n) is 2.09. The zero-order valence-corrected chi connectivity index (χ0v) is 12.7. The molecule has 1 fully saturated rings. The number of halogens is 1. The standard InChI is InChI=1S/C12H13ClN4O3S/c13-7-8-5-11(19)17-12(14-8)21-9(15-17)6-10(18)16-1-3-20-4-2-16/h5H,1-4,6-7H2. The highest BCUT2D eigenvalue weighted by molar-refractivity contribution is 7.16. The Balaban J connectivity index is 1.82. The summed E-state index contributed by atoms with van der Waals surface area (Å²) in [6, 6.07) is 1.35. The van der Waals surface area contributed by atoms with Crippen LogP contribution in [-0.4, -0.2) is 51.7 Å². The summed E-state index contributed by atoms with van der Waals surface area (Å²) >= 11 is 6.93. The average molecular weight is 329 g/mol. The smallest absolute Gasteiger partial charge is 0.275 e. The Morgan fingerprint density at radius 2 is 2.19 bits per heavy atom. The second-order valence-electron chi connectivity index (χ2n) is 4.58. The number of amides is 1. The molecule has 112 valence electrons. The Labute approximate surface area is 129 Å². The molecule has 1 saturated heterocycles. The third kappa shape index (κ3) is 3.07. The van der Waals surface area contributed by atoms with Gasteiger partial charge in [-0.2, -0.15) is 9.61 Å². The number of ether oxygens (including phenoxy) is 1. The quantitative estimate of drug-likeness (QED) is 0.757. The fourth-order valence-corrected chi connectivity index (χ4v) is 3.14. The predicted octanol–water partition coefficient (Wildman–Crippen LogP) is 0.291. The second-order valence-corrected chi connectivity index (χ2v) is 5.89. The van der Waals surface area contributed by atoms with E-state index in [4.69, 9.17) is 16.3 Å². The molecule has 0 radical (unpaired) electrons. The van der Waals surface area contributed by atoms with Gasteiger partial charge in [0, 0.05) is 19.2 Å². The average Bonchev–Trinajstić information content (AvgIpc) is 2.91. The zero-order chi connectivity index (χ0) is 14.8. The second kappa shape index (κ2) is 6.08. The van der Waals surface area contributed by atoms with Crippen molar-refractivity contribution in [2.75, 3.05) is 26.3 Å². The van der Waals surface area contributed by atoms with Crippen LogP contribution in [-0.2, 0) is 21.8 Å². The van der Waals surface area contributed by atoms with Gasteiger partial charge in [-0.3, -0.25) is 9.59 Å². The minimum atomic E-state index is -0.281. The van der Waals surface area contributed by atoms with Gasteiger partial charge in [0.05, 0.1) is 31.2 Å². The first-order valence-corrected chi connectivity index (χ1v) is 7.82. The van der Waals surface area contributed by atoms with Crippen molar-refractivity contribution in [2.24, 2.45) is 0 Å². The molecule has 7 nitrogen and oxygen atoms in total. The molecule has 0 N–H and O–H groups in total. The molecule has 3 rings (SSSR count). The number of hydrogen-bond acceptors (Lipinski definition) is 6. The SMILES string of the molecule is O=C(Cc1nn2c(=O)cc(CCl)nc2s1)N1CCOCC1. The monoisotopic (exact) mass is 328 g/mol. The van der Waals surface area contributed by atoms with Crippen LogP contribution in [0, 0.1) is 0 Å². The van der Waals surface area contributed by atoms with Crippen molar-refractivity contribution in [3.8, 4) is 0 Å². The molecule has 2 aromatic heterocycles. The molecule has 0 spiro atoms.